The lowest BCUT2D eigenvalue weighted by molar-refractivity contribution is 0.102. The van der Waals surface area contributed by atoms with E-state index in [4.69, 9.17) is 46.4 Å². The molecule has 1 aromatic carbocycles. The highest BCUT2D eigenvalue weighted by molar-refractivity contribution is 9.10. The molecule has 2 rings (SSSR count). The van der Waals surface area contributed by atoms with E-state index in [0.29, 0.717) is 4.47 Å². The van der Waals surface area contributed by atoms with Gasteiger partial charge >= 0.3 is 0 Å². The molecule has 1 aromatic heterocycles. The Balaban J connectivity index is 2.35. The third kappa shape index (κ3) is 3.57. The molecule has 8 heteroatoms. The fourth-order valence-corrected chi connectivity index (χ4v) is 3.05. The second kappa shape index (κ2) is 6.50. The van der Waals surface area contributed by atoms with E-state index in [1.807, 2.05) is 0 Å². The number of nitrogens with zero attached hydrogens (tertiary/aromatic N) is 1. The average molecular weight is 415 g/mol. The van der Waals surface area contributed by atoms with Gasteiger partial charge in [0.2, 0.25) is 0 Å². The summed E-state index contributed by atoms with van der Waals surface area (Å²) in [4.78, 5) is 16.0. The molecule has 0 aliphatic carbocycles. The second-order valence-electron chi connectivity index (χ2n) is 3.66. The first kappa shape index (κ1) is 15.9. The predicted molar refractivity (Wildman–Crippen MR) is 86.4 cm³/mol. The zero-order chi connectivity index (χ0) is 14.9. The number of hydrogen-bond donors (Lipinski definition) is 1. The lowest BCUT2D eigenvalue weighted by Gasteiger charge is -2.10. The van der Waals surface area contributed by atoms with E-state index in [9.17, 15) is 4.79 Å². The van der Waals surface area contributed by atoms with Crippen molar-refractivity contribution in [3.05, 3.63) is 54.7 Å². The number of halogens is 5. The monoisotopic (exact) mass is 412 g/mol. The van der Waals surface area contributed by atoms with Gasteiger partial charge in [0.25, 0.3) is 5.91 Å². The van der Waals surface area contributed by atoms with Crippen LogP contribution < -0.4 is 5.32 Å². The predicted octanol–water partition coefficient (Wildman–Crippen LogP) is 5.71. The first-order chi connectivity index (χ1) is 9.38. The summed E-state index contributed by atoms with van der Waals surface area (Å²) in [6, 6.07) is 6.18. The SMILES string of the molecule is O=C(Nc1c(Cl)cc(Br)cc1Cl)c1nc(Cl)ccc1Cl. The number of aromatic nitrogens is 1. The van der Waals surface area contributed by atoms with Crippen LogP contribution in [-0.2, 0) is 0 Å². The Bertz CT molecular complexity index is 670. The molecule has 1 heterocycles. The van der Waals surface area contributed by atoms with Crippen LogP contribution in [0.15, 0.2) is 28.7 Å². The zero-order valence-electron chi connectivity index (χ0n) is 9.55. The molecule has 3 nitrogen and oxygen atoms in total. The van der Waals surface area contributed by atoms with Crippen LogP contribution in [0.2, 0.25) is 20.2 Å². The number of nitrogens with one attached hydrogen (secondary N) is 1. The molecule has 104 valence electrons. The zero-order valence-corrected chi connectivity index (χ0v) is 14.2. The third-order valence-corrected chi connectivity index (χ3v) is 3.84. The van der Waals surface area contributed by atoms with Gasteiger partial charge in [0.1, 0.15) is 10.8 Å². The van der Waals surface area contributed by atoms with Crippen LogP contribution in [0.4, 0.5) is 5.69 Å². The fraction of sp³-hybridized carbons (Fsp3) is 0. The van der Waals surface area contributed by atoms with Crippen LogP contribution in [0.5, 0.6) is 0 Å². The van der Waals surface area contributed by atoms with E-state index in [2.05, 4.69) is 26.2 Å². The Kier molecular flexibility index (Phi) is 5.15. The number of carbonyl (C=O) groups is 1. The molecule has 0 radical (unpaired) electrons. The minimum Gasteiger partial charge on any atom is -0.318 e. The molecule has 0 fully saturated rings. The quantitative estimate of drug-likeness (QED) is 0.639. The van der Waals surface area contributed by atoms with E-state index in [0.717, 1.165) is 0 Å². The molecule has 1 amide bonds. The Morgan fingerprint density at radius 2 is 1.65 bits per heavy atom. The van der Waals surface area contributed by atoms with E-state index in [-0.39, 0.29) is 31.6 Å². The second-order valence-corrected chi connectivity index (χ2v) is 6.19. The molecule has 0 spiro atoms. The number of carbonyl (C=O) groups excluding carboxylic acids is 1. The van der Waals surface area contributed by atoms with Crippen molar-refractivity contribution in [2.75, 3.05) is 5.32 Å². The summed E-state index contributed by atoms with van der Waals surface area (Å²) in [6.07, 6.45) is 0. The van der Waals surface area contributed by atoms with E-state index < -0.39 is 5.91 Å². The van der Waals surface area contributed by atoms with Crippen molar-refractivity contribution in [3.8, 4) is 0 Å². The van der Waals surface area contributed by atoms with Crippen molar-refractivity contribution < 1.29 is 4.79 Å². The first-order valence-corrected chi connectivity index (χ1v) is 7.47. The van der Waals surface area contributed by atoms with Gasteiger partial charge < -0.3 is 5.32 Å². The van der Waals surface area contributed by atoms with Crippen LogP contribution >= 0.6 is 62.3 Å². The van der Waals surface area contributed by atoms with Gasteiger partial charge in [-0.1, -0.05) is 62.3 Å². The summed E-state index contributed by atoms with van der Waals surface area (Å²) >= 11 is 27.0. The van der Waals surface area contributed by atoms with E-state index in [1.165, 1.54) is 12.1 Å². The highest BCUT2D eigenvalue weighted by Gasteiger charge is 2.16. The Morgan fingerprint density at radius 1 is 1.05 bits per heavy atom. The fourth-order valence-electron chi connectivity index (χ4n) is 1.41. The summed E-state index contributed by atoms with van der Waals surface area (Å²) in [5.41, 5.74) is 0.272. The topological polar surface area (TPSA) is 42.0 Å². The van der Waals surface area contributed by atoms with Gasteiger partial charge in [-0.05, 0) is 24.3 Å². The van der Waals surface area contributed by atoms with Gasteiger partial charge in [0, 0.05) is 4.47 Å². The normalized spacial score (nSPS) is 10.4. The first-order valence-electron chi connectivity index (χ1n) is 5.16. The Morgan fingerprint density at radius 3 is 2.25 bits per heavy atom. The van der Waals surface area contributed by atoms with Gasteiger partial charge in [-0.2, -0.15) is 0 Å². The smallest absolute Gasteiger partial charge is 0.275 e. The van der Waals surface area contributed by atoms with Crippen molar-refractivity contribution in [2.45, 2.75) is 0 Å². The van der Waals surface area contributed by atoms with Crippen molar-refractivity contribution in [1.29, 1.82) is 0 Å². The number of anilines is 1. The standard InChI is InChI=1S/C12H5BrCl4N2O/c13-5-3-7(15)10(8(16)4-5)19-12(20)11-6(14)1-2-9(17)18-11/h1-4H,(H,19,20). The summed E-state index contributed by atoms with van der Waals surface area (Å²) in [7, 11) is 0. The van der Waals surface area contributed by atoms with Crippen LogP contribution in [0.1, 0.15) is 10.5 Å². The number of rotatable bonds is 2. The highest BCUT2D eigenvalue weighted by Crippen LogP contribution is 2.34. The van der Waals surface area contributed by atoms with Crippen LogP contribution in [0, 0.1) is 0 Å². The molecule has 0 aliphatic rings. The van der Waals surface area contributed by atoms with Gasteiger partial charge in [-0.15, -0.1) is 0 Å². The largest absolute Gasteiger partial charge is 0.318 e. The van der Waals surface area contributed by atoms with E-state index >= 15 is 0 Å². The minimum atomic E-state index is -0.552. The molecule has 0 saturated carbocycles. The maximum atomic E-state index is 12.1. The van der Waals surface area contributed by atoms with Crippen molar-refractivity contribution in [3.63, 3.8) is 0 Å². The maximum Gasteiger partial charge on any atom is 0.275 e. The average Bonchev–Trinajstić information content (AvgIpc) is 2.36. The molecule has 0 aliphatic heterocycles. The van der Waals surface area contributed by atoms with Crippen molar-refractivity contribution >= 4 is 73.9 Å². The Labute approximate surface area is 143 Å². The number of pyridine rings is 1. The third-order valence-electron chi connectivity index (χ3n) is 2.27. The van der Waals surface area contributed by atoms with Crippen molar-refractivity contribution in [2.24, 2.45) is 0 Å². The minimum absolute atomic E-state index is 0.00535. The molecule has 0 atom stereocenters. The van der Waals surface area contributed by atoms with Gasteiger partial charge in [0.15, 0.2) is 0 Å². The maximum absolute atomic E-state index is 12.1. The molecule has 0 saturated heterocycles. The lowest BCUT2D eigenvalue weighted by atomic mass is 10.3. The number of benzene rings is 1. The molecular formula is C12H5BrCl4N2O. The highest BCUT2D eigenvalue weighted by atomic mass is 79.9. The van der Waals surface area contributed by atoms with Gasteiger partial charge in [0.05, 0.1) is 20.8 Å². The van der Waals surface area contributed by atoms with Crippen LogP contribution in [-0.4, -0.2) is 10.9 Å². The molecule has 2 aromatic rings. The molecule has 20 heavy (non-hydrogen) atoms. The Hall–Kier alpha value is -0.520. The summed E-state index contributed by atoms with van der Waals surface area (Å²) in [5.74, 6) is -0.552. The molecule has 0 unspecified atom stereocenters. The van der Waals surface area contributed by atoms with Gasteiger partial charge in [-0.3, -0.25) is 4.79 Å². The van der Waals surface area contributed by atoms with Crippen LogP contribution in [0.3, 0.4) is 0 Å². The van der Waals surface area contributed by atoms with Crippen molar-refractivity contribution in [1.82, 2.24) is 4.98 Å². The lowest BCUT2D eigenvalue weighted by Crippen LogP contribution is -2.15. The number of hydrogen-bond acceptors (Lipinski definition) is 2. The number of amides is 1. The molecule has 0 bridgehead atoms. The van der Waals surface area contributed by atoms with E-state index in [1.54, 1.807) is 12.1 Å². The summed E-state index contributed by atoms with van der Waals surface area (Å²) < 4.78 is 0.699. The molecular weight excluding hydrogens is 410 g/mol. The molecule has 1 N–H and O–H groups in total. The summed E-state index contributed by atoms with van der Waals surface area (Å²) in [5, 5.41) is 3.47. The van der Waals surface area contributed by atoms with Gasteiger partial charge in [-0.25, -0.2) is 4.98 Å². The summed E-state index contributed by atoms with van der Waals surface area (Å²) in [6.45, 7) is 0. The van der Waals surface area contributed by atoms with Crippen LogP contribution in [0.25, 0.3) is 0 Å².